The summed E-state index contributed by atoms with van der Waals surface area (Å²) in [4.78, 5) is 3.21. The van der Waals surface area contributed by atoms with Crippen molar-refractivity contribution in [3.8, 4) is 0 Å². The Bertz CT molecular complexity index is 458. The van der Waals surface area contributed by atoms with Gasteiger partial charge < -0.3 is 14.7 Å². The van der Waals surface area contributed by atoms with Crippen LogP contribution in [0, 0.1) is 0 Å². The maximum Gasteiger partial charge on any atom is 0.0948 e. The molecule has 1 N–H and O–H groups in total. The van der Waals surface area contributed by atoms with Gasteiger partial charge in [0, 0.05) is 24.2 Å². The number of ether oxygens (including phenoxy) is 1. The van der Waals surface area contributed by atoms with Crippen LogP contribution in [-0.4, -0.2) is 31.4 Å². The fourth-order valence-corrected chi connectivity index (χ4v) is 2.49. The van der Waals surface area contributed by atoms with Gasteiger partial charge in [0.2, 0.25) is 0 Å². The Morgan fingerprint density at radius 1 is 1.21 bits per heavy atom. The Morgan fingerprint density at radius 3 is 2.68 bits per heavy atom. The van der Waals surface area contributed by atoms with E-state index in [0.717, 1.165) is 5.69 Å². The van der Waals surface area contributed by atoms with Crippen LogP contribution >= 0.6 is 11.3 Å². The highest BCUT2D eigenvalue weighted by atomic mass is 32.1. The number of anilines is 1. The first-order valence-electron chi connectivity index (χ1n) is 6.30. The summed E-state index contributed by atoms with van der Waals surface area (Å²) in [6.45, 7) is 1.49. The Balaban J connectivity index is 1.70. The van der Waals surface area contributed by atoms with Gasteiger partial charge in [0.25, 0.3) is 0 Å². The summed E-state index contributed by atoms with van der Waals surface area (Å²) in [5.74, 6) is 0. The predicted molar refractivity (Wildman–Crippen MR) is 79.7 cm³/mol. The number of likely N-dealkylation sites (N-methyl/N-ethyl adjacent to an activating group) is 1. The maximum atomic E-state index is 9.95. The number of thiophene rings is 1. The first kappa shape index (κ1) is 14.1. The molecule has 1 unspecified atom stereocenters. The summed E-state index contributed by atoms with van der Waals surface area (Å²) in [6.07, 6.45) is -0.481. The first-order valence-corrected chi connectivity index (χ1v) is 7.18. The Morgan fingerprint density at radius 2 is 2.00 bits per heavy atom. The van der Waals surface area contributed by atoms with Gasteiger partial charge in [0.05, 0.1) is 19.3 Å². The molecule has 0 saturated heterocycles. The van der Waals surface area contributed by atoms with Crippen LogP contribution in [-0.2, 0) is 11.3 Å². The molecule has 1 aromatic heterocycles. The summed E-state index contributed by atoms with van der Waals surface area (Å²) < 4.78 is 5.51. The fourth-order valence-electron chi connectivity index (χ4n) is 1.85. The molecule has 0 amide bonds. The molecule has 0 aliphatic rings. The van der Waals surface area contributed by atoms with Crippen LogP contribution in [0.1, 0.15) is 4.88 Å². The number of aliphatic hydroxyl groups is 1. The average molecular weight is 277 g/mol. The number of rotatable bonds is 7. The smallest absolute Gasteiger partial charge is 0.0948 e. The van der Waals surface area contributed by atoms with Crippen molar-refractivity contribution in [1.29, 1.82) is 0 Å². The minimum atomic E-state index is -0.481. The molecule has 0 aliphatic heterocycles. The summed E-state index contributed by atoms with van der Waals surface area (Å²) in [6, 6.07) is 14.1. The molecule has 0 radical (unpaired) electrons. The third-order valence-electron chi connectivity index (χ3n) is 2.82. The van der Waals surface area contributed by atoms with Crippen LogP contribution < -0.4 is 4.90 Å². The lowest BCUT2D eigenvalue weighted by molar-refractivity contribution is 0.0335. The standard InChI is InChI=1S/C15H19NO2S/c1-16(13-6-3-2-4-7-13)10-14(17)11-18-12-15-8-5-9-19-15/h2-9,14,17H,10-12H2,1H3. The number of hydrogen-bond donors (Lipinski definition) is 1. The molecule has 0 aliphatic carbocycles. The molecular formula is C15H19NO2S. The largest absolute Gasteiger partial charge is 0.389 e. The lowest BCUT2D eigenvalue weighted by Crippen LogP contribution is -2.32. The summed E-state index contributed by atoms with van der Waals surface area (Å²) in [7, 11) is 1.97. The zero-order valence-electron chi connectivity index (χ0n) is 11.0. The summed E-state index contributed by atoms with van der Waals surface area (Å²) >= 11 is 1.67. The first-order chi connectivity index (χ1) is 9.25. The van der Waals surface area contributed by atoms with Crippen molar-refractivity contribution in [1.82, 2.24) is 0 Å². The second-order valence-electron chi connectivity index (χ2n) is 4.46. The normalized spacial score (nSPS) is 12.3. The van der Waals surface area contributed by atoms with E-state index in [-0.39, 0.29) is 0 Å². The maximum absolute atomic E-state index is 9.95. The topological polar surface area (TPSA) is 32.7 Å². The number of aliphatic hydroxyl groups excluding tert-OH is 1. The van der Waals surface area contributed by atoms with E-state index in [1.807, 2.05) is 59.8 Å². The van der Waals surface area contributed by atoms with E-state index >= 15 is 0 Å². The van der Waals surface area contributed by atoms with Gasteiger partial charge in [-0.3, -0.25) is 0 Å². The minimum Gasteiger partial charge on any atom is -0.389 e. The minimum absolute atomic E-state index is 0.356. The van der Waals surface area contributed by atoms with Gasteiger partial charge in [-0.25, -0.2) is 0 Å². The van der Waals surface area contributed by atoms with Gasteiger partial charge in [0.1, 0.15) is 0 Å². The molecule has 1 atom stereocenters. The van der Waals surface area contributed by atoms with E-state index in [2.05, 4.69) is 0 Å². The van der Waals surface area contributed by atoms with Gasteiger partial charge in [-0.2, -0.15) is 0 Å². The monoisotopic (exact) mass is 277 g/mol. The summed E-state index contributed by atoms with van der Waals surface area (Å²) in [5, 5.41) is 12.0. The van der Waals surface area contributed by atoms with Crippen molar-refractivity contribution < 1.29 is 9.84 Å². The van der Waals surface area contributed by atoms with E-state index in [0.29, 0.717) is 19.8 Å². The van der Waals surface area contributed by atoms with E-state index in [4.69, 9.17) is 4.74 Å². The van der Waals surface area contributed by atoms with Crippen LogP contribution in [0.4, 0.5) is 5.69 Å². The zero-order valence-corrected chi connectivity index (χ0v) is 11.8. The number of hydrogen-bond acceptors (Lipinski definition) is 4. The SMILES string of the molecule is CN(CC(O)COCc1cccs1)c1ccccc1. The van der Waals surface area contributed by atoms with Crippen molar-refractivity contribution in [2.75, 3.05) is 25.1 Å². The molecule has 19 heavy (non-hydrogen) atoms. The second kappa shape index (κ2) is 7.28. The van der Waals surface area contributed by atoms with Crippen LogP contribution in [0.3, 0.4) is 0 Å². The fraction of sp³-hybridized carbons (Fsp3) is 0.333. The lowest BCUT2D eigenvalue weighted by atomic mass is 10.2. The van der Waals surface area contributed by atoms with Crippen molar-refractivity contribution in [2.24, 2.45) is 0 Å². The van der Waals surface area contributed by atoms with Gasteiger partial charge in [-0.15, -0.1) is 11.3 Å². The second-order valence-corrected chi connectivity index (χ2v) is 5.50. The van der Waals surface area contributed by atoms with Gasteiger partial charge in [-0.1, -0.05) is 24.3 Å². The van der Waals surface area contributed by atoms with Crippen molar-refractivity contribution in [3.05, 3.63) is 52.7 Å². The van der Waals surface area contributed by atoms with E-state index in [9.17, 15) is 5.11 Å². The Kier molecular flexibility index (Phi) is 5.39. The summed E-state index contributed by atoms with van der Waals surface area (Å²) in [5.41, 5.74) is 1.10. The highest BCUT2D eigenvalue weighted by molar-refractivity contribution is 7.09. The van der Waals surface area contributed by atoms with Crippen molar-refractivity contribution in [3.63, 3.8) is 0 Å². The molecule has 0 bridgehead atoms. The zero-order chi connectivity index (χ0) is 13.5. The predicted octanol–water partition coefficient (Wildman–Crippen LogP) is 2.76. The number of nitrogens with zero attached hydrogens (tertiary/aromatic N) is 1. The molecule has 0 spiro atoms. The van der Waals surface area contributed by atoms with Crippen molar-refractivity contribution in [2.45, 2.75) is 12.7 Å². The molecule has 2 aromatic rings. The molecule has 1 heterocycles. The van der Waals surface area contributed by atoms with Gasteiger partial charge >= 0.3 is 0 Å². The highest BCUT2D eigenvalue weighted by Gasteiger charge is 2.09. The molecule has 0 fully saturated rings. The number of benzene rings is 1. The third-order valence-corrected chi connectivity index (χ3v) is 3.67. The van der Waals surface area contributed by atoms with Crippen LogP contribution in [0.15, 0.2) is 47.8 Å². The molecular weight excluding hydrogens is 258 g/mol. The molecule has 102 valence electrons. The van der Waals surface area contributed by atoms with Crippen molar-refractivity contribution >= 4 is 17.0 Å². The number of para-hydroxylation sites is 1. The average Bonchev–Trinajstić information content (AvgIpc) is 2.93. The van der Waals surface area contributed by atoms with Crippen LogP contribution in [0.5, 0.6) is 0 Å². The molecule has 0 saturated carbocycles. The van der Waals surface area contributed by atoms with E-state index in [1.165, 1.54) is 4.88 Å². The van der Waals surface area contributed by atoms with Crippen LogP contribution in [0.25, 0.3) is 0 Å². The molecule has 3 nitrogen and oxygen atoms in total. The highest BCUT2D eigenvalue weighted by Crippen LogP contribution is 2.12. The van der Waals surface area contributed by atoms with Crippen LogP contribution in [0.2, 0.25) is 0 Å². The van der Waals surface area contributed by atoms with Gasteiger partial charge in [-0.05, 0) is 23.6 Å². The van der Waals surface area contributed by atoms with E-state index in [1.54, 1.807) is 11.3 Å². The molecule has 4 heteroatoms. The third kappa shape index (κ3) is 4.67. The Hall–Kier alpha value is -1.36. The van der Waals surface area contributed by atoms with Gasteiger partial charge in [0.15, 0.2) is 0 Å². The molecule has 2 rings (SSSR count). The Labute approximate surface area is 118 Å². The van der Waals surface area contributed by atoms with E-state index < -0.39 is 6.10 Å². The molecule has 1 aromatic carbocycles. The quantitative estimate of drug-likeness (QED) is 0.844. The lowest BCUT2D eigenvalue weighted by Gasteiger charge is -2.22.